The number of aromatic nitrogens is 5. The molecule has 0 amide bonds. The van der Waals surface area contributed by atoms with E-state index >= 15 is 0 Å². The van der Waals surface area contributed by atoms with E-state index in [2.05, 4.69) is 313 Å². The predicted molar refractivity (Wildman–Crippen MR) is 464 cm³/mol. The molecule has 9 nitrogen and oxygen atoms in total. The van der Waals surface area contributed by atoms with Crippen LogP contribution in [0.1, 0.15) is 52.7 Å². The first-order valence-electron chi connectivity index (χ1n) is 37.9. The Morgan fingerprint density at radius 1 is 0.189 bits per heavy atom. The molecule has 0 bridgehead atoms. The summed E-state index contributed by atoms with van der Waals surface area (Å²) >= 11 is 0. The second-order valence-corrected chi connectivity index (χ2v) is 31.8. The largest absolute Gasteiger partial charge is 0.309 e. The van der Waals surface area contributed by atoms with Gasteiger partial charge in [-0.05, 0) is 201 Å². The number of hydrogen-bond donors (Lipinski definition) is 0. The molecule has 111 heavy (non-hydrogen) atoms. The Labute approximate surface area is 636 Å². The van der Waals surface area contributed by atoms with E-state index in [1.165, 1.54) is 43.4 Å². The first kappa shape index (κ1) is 65.3. The summed E-state index contributed by atoms with van der Waals surface area (Å²) in [5.41, 5.74) is 21.8. The van der Waals surface area contributed by atoms with Gasteiger partial charge in [-0.2, -0.15) is 0 Å². The minimum absolute atomic E-state index is 0.0367. The van der Waals surface area contributed by atoms with Gasteiger partial charge in [0, 0.05) is 92.5 Å². The summed E-state index contributed by atoms with van der Waals surface area (Å²) in [7, 11) is 0. The average Bonchev–Trinajstić information content (AvgIpc) is 1.37. The van der Waals surface area contributed by atoms with Gasteiger partial charge >= 0.3 is 0 Å². The number of rotatable bonds is 6. The Kier molecular flexibility index (Phi) is 14.3. The Morgan fingerprint density at radius 3 is 0.649 bits per heavy atom. The van der Waals surface area contributed by atoms with Crippen molar-refractivity contribution in [1.82, 2.24) is 22.5 Å². The van der Waals surface area contributed by atoms with E-state index in [1.807, 2.05) is 72.8 Å². The lowest BCUT2D eigenvalue weighted by Crippen LogP contribution is -2.18. The van der Waals surface area contributed by atoms with Crippen LogP contribution >= 0.6 is 0 Å². The van der Waals surface area contributed by atoms with Gasteiger partial charge in [0.25, 0.3) is 0 Å². The molecular formula is C102H71N5O4. The van der Waals surface area contributed by atoms with E-state index in [4.69, 9.17) is 0 Å². The highest BCUT2D eigenvalue weighted by molar-refractivity contribution is 6.14. The van der Waals surface area contributed by atoms with Crippen LogP contribution in [-0.2, 0) is 10.8 Å². The van der Waals surface area contributed by atoms with Gasteiger partial charge < -0.3 is 22.5 Å². The fourth-order valence-corrected chi connectivity index (χ4v) is 17.8. The van der Waals surface area contributed by atoms with Crippen LogP contribution in [0.2, 0.25) is 0 Å². The molecule has 0 radical (unpaired) electrons. The minimum Gasteiger partial charge on any atom is -0.309 e. The van der Waals surface area contributed by atoms with Crippen LogP contribution in [0, 0.1) is 0 Å². The third kappa shape index (κ3) is 9.94. The zero-order chi connectivity index (χ0) is 75.0. The smallest absolute Gasteiger partial charge is 0.197 e. The summed E-state index contributed by atoms with van der Waals surface area (Å²) in [5, 5.41) is 12.2. The van der Waals surface area contributed by atoms with Gasteiger partial charge in [-0.1, -0.05) is 217 Å². The van der Waals surface area contributed by atoms with E-state index < -0.39 is 0 Å². The van der Waals surface area contributed by atoms with Gasteiger partial charge in [-0.3, -0.25) is 19.2 Å². The van der Waals surface area contributed by atoms with Crippen LogP contribution in [0.25, 0.3) is 192 Å². The molecule has 7 aromatic heterocycles. The van der Waals surface area contributed by atoms with Gasteiger partial charge in [0.05, 0.1) is 66.2 Å². The van der Waals surface area contributed by atoms with Crippen molar-refractivity contribution in [2.75, 3.05) is 0 Å². The van der Waals surface area contributed by atoms with Crippen molar-refractivity contribution in [3.63, 3.8) is 0 Å². The average molecular weight is 1430 g/mol. The molecule has 0 fully saturated rings. The monoisotopic (exact) mass is 1430 g/mol. The van der Waals surface area contributed by atoms with Crippen LogP contribution < -0.4 is 21.7 Å². The highest BCUT2D eigenvalue weighted by Gasteiger charge is 2.26. The summed E-state index contributed by atoms with van der Waals surface area (Å²) in [5.74, 6) is 0. The van der Waals surface area contributed by atoms with E-state index in [0.29, 0.717) is 54.1 Å². The predicted octanol–water partition coefficient (Wildman–Crippen LogP) is 24.0. The second-order valence-electron chi connectivity index (χ2n) is 31.8. The summed E-state index contributed by atoms with van der Waals surface area (Å²) in [4.78, 5) is 57.8. The van der Waals surface area contributed by atoms with Crippen LogP contribution in [0.15, 0.2) is 341 Å². The van der Waals surface area contributed by atoms with Gasteiger partial charge in [-0.15, -0.1) is 0 Å². The Balaban J connectivity index is 0.000000149. The lowest BCUT2D eigenvalue weighted by atomic mass is 9.85. The topological polar surface area (TPSA) is 91.9 Å². The number of hydrogen-bond acceptors (Lipinski definition) is 4. The fourth-order valence-electron chi connectivity index (χ4n) is 17.8. The second kappa shape index (κ2) is 24.2. The number of pyridine rings is 4. The fraction of sp³-hybridized carbons (Fsp3) is 0.0784. The number of para-hydroxylation sites is 7. The van der Waals surface area contributed by atoms with Crippen molar-refractivity contribution in [1.29, 1.82) is 0 Å². The molecule has 0 saturated carbocycles. The highest BCUT2D eigenvalue weighted by Crippen LogP contribution is 2.41. The lowest BCUT2D eigenvalue weighted by molar-refractivity contribution is 0.591. The maximum atomic E-state index is 14.8. The van der Waals surface area contributed by atoms with Crippen LogP contribution in [-0.4, -0.2) is 22.5 Å². The molecular weight excluding hydrogens is 1360 g/mol. The standard InChI is InChI=1S/C60H41N3O2.C42H30N2O2/c1-60(2,3)40-34-49-57-50(35-40)59(65)48-33-39(37-22-28-42(29-23-37)62-53-18-10-6-14-45(53)46-15-7-11-19-54(46)62)25-31-56(48)63(57)55-30-24-38(32-47(55)58(49)64)36-20-26-41(27-21-36)61-51-16-8-4-12-43(51)44-13-5-9-17-52(44)61;1-42(2,3)27-23-33-39-34(24-27)41(46)32-22-26(18-21-38(32)44(39)37-15-9-6-12-31(37)40(33)45)25-16-19-28(20-17-25)43-35-13-7-4-10-29(35)30-11-5-8-14-36(30)43/h4-35H,1-3H3;4-24H,1-3H3. The van der Waals surface area contributed by atoms with Crippen molar-refractivity contribution in [3.8, 4) is 50.4 Å². The summed E-state index contributed by atoms with van der Waals surface area (Å²) < 4.78 is 11.2. The molecule has 15 aromatic carbocycles. The number of benzene rings is 15. The molecule has 528 valence electrons. The van der Waals surface area contributed by atoms with Gasteiger partial charge in [-0.25, -0.2) is 0 Å². The Morgan fingerprint density at radius 2 is 0.396 bits per heavy atom. The molecule has 0 N–H and O–H groups in total. The SMILES string of the molecule is CC(C)(C)c1cc2c(=O)c3cc(-c4ccc(-n5c6ccccc6c6ccccc65)cc4)ccc3n3c4ccc(-c5ccc(-n6c7ccccc7c7ccccc76)cc5)cc4c(=O)c(c1)c23.CC(C)(C)c1cc2c(=O)c3ccccc3n3c4ccc(-c5ccc(-n6c7ccccc7c7ccccc76)cc5)cc4c(=O)c(c1)c23. The normalized spacial score (nSPS) is 12.4. The van der Waals surface area contributed by atoms with E-state index in [0.717, 1.165) is 106 Å². The minimum atomic E-state index is -0.294. The zero-order valence-electron chi connectivity index (χ0n) is 62.0. The highest BCUT2D eigenvalue weighted by atomic mass is 16.1. The van der Waals surface area contributed by atoms with Crippen LogP contribution in [0.3, 0.4) is 0 Å². The zero-order valence-corrected chi connectivity index (χ0v) is 62.0. The molecule has 0 aliphatic carbocycles. The number of fused-ring (bicyclic) bond motifs is 17. The Hall–Kier alpha value is -14.0. The molecule has 9 heteroatoms. The van der Waals surface area contributed by atoms with Crippen molar-refractivity contribution in [2.45, 2.75) is 52.4 Å². The number of nitrogens with zero attached hydrogens (tertiary/aromatic N) is 5. The molecule has 22 rings (SSSR count). The quantitative estimate of drug-likeness (QED) is 0.122. The van der Waals surface area contributed by atoms with Gasteiger partial charge in [0.1, 0.15) is 0 Å². The molecule has 0 saturated heterocycles. The molecule has 7 heterocycles. The van der Waals surface area contributed by atoms with Crippen molar-refractivity contribution in [2.24, 2.45) is 0 Å². The molecule has 0 atom stereocenters. The first-order valence-corrected chi connectivity index (χ1v) is 37.9. The summed E-state index contributed by atoms with van der Waals surface area (Å²) in [6.45, 7) is 12.7. The van der Waals surface area contributed by atoms with E-state index in [-0.39, 0.29) is 32.5 Å². The maximum Gasteiger partial charge on any atom is 0.197 e. The van der Waals surface area contributed by atoms with Crippen LogP contribution in [0.4, 0.5) is 0 Å². The summed E-state index contributed by atoms with van der Waals surface area (Å²) in [6.07, 6.45) is 0. The molecule has 0 aliphatic rings. The maximum absolute atomic E-state index is 14.8. The first-order chi connectivity index (χ1) is 54.0. The van der Waals surface area contributed by atoms with Gasteiger partial charge in [0.2, 0.25) is 0 Å². The van der Waals surface area contributed by atoms with Gasteiger partial charge in [0.15, 0.2) is 21.7 Å². The molecule has 0 aliphatic heterocycles. The van der Waals surface area contributed by atoms with E-state index in [1.54, 1.807) is 0 Å². The third-order valence-corrected chi connectivity index (χ3v) is 23.3. The summed E-state index contributed by atoms with van der Waals surface area (Å²) in [6, 6.07) is 111. The van der Waals surface area contributed by atoms with Crippen molar-refractivity contribution in [3.05, 3.63) is 374 Å². The molecule has 22 aromatic rings. The molecule has 0 spiro atoms. The third-order valence-electron chi connectivity index (χ3n) is 23.3. The van der Waals surface area contributed by atoms with Crippen molar-refractivity contribution >= 4 is 142 Å². The van der Waals surface area contributed by atoms with E-state index in [9.17, 15) is 19.2 Å². The lowest BCUT2D eigenvalue weighted by Gasteiger charge is -2.22. The van der Waals surface area contributed by atoms with Crippen molar-refractivity contribution < 1.29 is 0 Å². The van der Waals surface area contributed by atoms with Crippen LogP contribution in [0.5, 0.6) is 0 Å². The Bertz CT molecular complexity index is 7560. The molecule has 0 unspecified atom stereocenters.